The van der Waals surface area contributed by atoms with Crippen molar-refractivity contribution in [3.63, 3.8) is 0 Å². The van der Waals surface area contributed by atoms with Crippen molar-refractivity contribution < 1.29 is 9.59 Å². The van der Waals surface area contributed by atoms with Gasteiger partial charge >= 0.3 is 6.03 Å². The summed E-state index contributed by atoms with van der Waals surface area (Å²) in [5.41, 5.74) is 1.16. The molecule has 0 saturated carbocycles. The molecule has 2 N–H and O–H groups in total. The van der Waals surface area contributed by atoms with Gasteiger partial charge < -0.3 is 20.4 Å². The number of carbonyl (C=O) groups is 2. The summed E-state index contributed by atoms with van der Waals surface area (Å²) in [6.45, 7) is 5.24. The Labute approximate surface area is 164 Å². The zero-order valence-electron chi connectivity index (χ0n) is 15.6. The lowest BCUT2D eigenvalue weighted by atomic mass is 10.0. The predicted molar refractivity (Wildman–Crippen MR) is 106 cm³/mol. The van der Waals surface area contributed by atoms with E-state index in [2.05, 4.69) is 22.6 Å². The summed E-state index contributed by atoms with van der Waals surface area (Å²) in [5.74, 6) is -0.225. The number of benzene rings is 1. The maximum Gasteiger partial charge on any atom is 0.317 e. The van der Waals surface area contributed by atoms with Crippen LogP contribution in [0.2, 0.25) is 10.0 Å². The first-order valence-electron chi connectivity index (χ1n) is 8.68. The first-order valence-corrected chi connectivity index (χ1v) is 9.43. The van der Waals surface area contributed by atoms with Gasteiger partial charge in [-0.15, -0.1) is 0 Å². The number of piperidine rings is 1. The van der Waals surface area contributed by atoms with E-state index in [-0.39, 0.29) is 29.0 Å². The molecule has 144 valence electrons. The fourth-order valence-corrected chi connectivity index (χ4v) is 3.65. The van der Waals surface area contributed by atoms with Gasteiger partial charge in [-0.2, -0.15) is 0 Å². The molecule has 0 aromatic heterocycles. The molecule has 0 spiro atoms. The van der Waals surface area contributed by atoms with Crippen LogP contribution in [0.15, 0.2) is 12.1 Å². The highest BCUT2D eigenvalue weighted by molar-refractivity contribution is 6.44. The van der Waals surface area contributed by atoms with Gasteiger partial charge in [0.05, 0.1) is 21.8 Å². The number of anilines is 1. The molecule has 1 fully saturated rings. The van der Waals surface area contributed by atoms with E-state index < -0.39 is 0 Å². The van der Waals surface area contributed by atoms with Crippen LogP contribution in [0.3, 0.4) is 0 Å². The third kappa shape index (κ3) is 5.02. The lowest BCUT2D eigenvalue weighted by molar-refractivity contribution is -0.114. The average molecular weight is 401 g/mol. The molecule has 8 heteroatoms. The van der Waals surface area contributed by atoms with E-state index in [1.54, 1.807) is 17.0 Å². The Hall–Kier alpha value is -1.50. The van der Waals surface area contributed by atoms with Crippen LogP contribution in [0.4, 0.5) is 10.5 Å². The number of hydrogen-bond donors (Lipinski definition) is 2. The number of amides is 3. The van der Waals surface area contributed by atoms with Crippen LogP contribution < -0.4 is 10.6 Å². The zero-order chi connectivity index (χ0) is 19.4. The van der Waals surface area contributed by atoms with Crippen molar-refractivity contribution in [1.29, 1.82) is 0 Å². The first-order chi connectivity index (χ1) is 12.2. The highest BCUT2D eigenvalue weighted by Crippen LogP contribution is 2.36. The van der Waals surface area contributed by atoms with Crippen molar-refractivity contribution in [2.45, 2.75) is 38.8 Å². The molecule has 1 saturated heterocycles. The molecule has 0 aliphatic carbocycles. The molecule has 0 radical (unpaired) electrons. The SMILES string of the molecule is CC(=O)Nc1ccc(C(C)NC(=O)N(C)C2CCN(C)CC2)c(Cl)c1Cl. The van der Waals surface area contributed by atoms with Gasteiger partial charge in [0.1, 0.15) is 0 Å². The van der Waals surface area contributed by atoms with Gasteiger partial charge in [0, 0.05) is 20.0 Å². The van der Waals surface area contributed by atoms with E-state index in [0.717, 1.165) is 25.9 Å². The molecular formula is C18H26Cl2N4O2. The number of nitrogens with one attached hydrogen (secondary N) is 2. The van der Waals surface area contributed by atoms with Gasteiger partial charge in [-0.1, -0.05) is 29.3 Å². The molecule has 1 heterocycles. The normalized spacial score (nSPS) is 16.8. The van der Waals surface area contributed by atoms with Crippen molar-refractivity contribution in [2.24, 2.45) is 0 Å². The number of likely N-dealkylation sites (tertiary alicyclic amines) is 1. The standard InChI is InChI=1S/C18H26Cl2N4O2/c1-11(14-5-6-15(22-12(2)25)17(20)16(14)19)21-18(26)24(4)13-7-9-23(3)10-8-13/h5-6,11,13H,7-10H2,1-4H3,(H,21,26)(H,22,25). The highest BCUT2D eigenvalue weighted by atomic mass is 35.5. The van der Waals surface area contributed by atoms with E-state index in [1.165, 1.54) is 6.92 Å². The Morgan fingerprint density at radius 3 is 2.42 bits per heavy atom. The number of hydrogen-bond acceptors (Lipinski definition) is 3. The fourth-order valence-electron chi connectivity index (χ4n) is 3.10. The van der Waals surface area contributed by atoms with Gasteiger partial charge in [-0.3, -0.25) is 4.79 Å². The Kier molecular flexibility index (Phi) is 7.15. The minimum atomic E-state index is -0.312. The monoisotopic (exact) mass is 400 g/mol. The van der Waals surface area contributed by atoms with E-state index in [1.807, 2.05) is 14.0 Å². The minimum absolute atomic E-state index is 0.134. The van der Waals surface area contributed by atoms with Crippen LogP contribution in [0.25, 0.3) is 0 Å². The maximum atomic E-state index is 12.6. The summed E-state index contributed by atoms with van der Waals surface area (Å²) in [5, 5.41) is 6.20. The smallest absolute Gasteiger partial charge is 0.317 e. The quantitative estimate of drug-likeness (QED) is 0.808. The summed E-state index contributed by atoms with van der Waals surface area (Å²) >= 11 is 12.6. The Morgan fingerprint density at radius 1 is 1.23 bits per heavy atom. The highest BCUT2D eigenvalue weighted by Gasteiger charge is 2.25. The largest absolute Gasteiger partial charge is 0.331 e. The summed E-state index contributed by atoms with van der Waals surface area (Å²) in [4.78, 5) is 27.8. The van der Waals surface area contributed by atoms with Gasteiger partial charge in [-0.05, 0) is 51.5 Å². The van der Waals surface area contributed by atoms with Crippen LogP contribution in [0.1, 0.15) is 38.3 Å². The minimum Gasteiger partial charge on any atom is -0.331 e. The summed E-state index contributed by atoms with van der Waals surface area (Å²) in [7, 11) is 3.92. The van der Waals surface area contributed by atoms with Crippen LogP contribution in [-0.2, 0) is 4.79 Å². The topological polar surface area (TPSA) is 64.7 Å². The molecule has 1 aromatic carbocycles. The Morgan fingerprint density at radius 2 is 1.85 bits per heavy atom. The Balaban J connectivity index is 2.04. The molecule has 0 bridgehead atoms. The van der Waals surface area contributed by atoms with Crippen molar-refractivity contribution in [3.05, 3.63) is 27.7 Å². The van der Waals surface area contributed by atoms with E-state index in [0.29, 0.717) is 16.3 Å². The maximum absolute atomic E-state index is 12.6. The van der Waals surface area contributed by atoms with Crippen molar-refractivity contribution in [3.8, 4) is 0 Å². The predicted octanol–water partition coefficient (Wildman–Crippen LogP) is 3.75. The summed E-state index contributed by atoms with van der Waals surface area (Å²) in [6, 6.07) is 3.24. The van der Waals surface area contributed by atoms with E-state index in [4.69, 9.17) is 23.2 Å². The van der Waals surface area contributed by atoms with Crippen LogP contribution in [0, 0.1) is 0 Å². The number of halogens is 2. The number of urea groups is 1. The second kappa shape index (κ2) is 8.93. The lowest BCUT2D eigenvalue weighted by Gasteiger charge is -2.35. The zero-order valence-corrected chi connectivity index (χ0v) is 17.1. The van der Waals surface area contributed by atoms with Crippen molar-refractivity contribution in [2.75, 3.05) is 32.5 Å². The molecule has 2 rings (SSSR count). The van der Waals surface area contributed by atoms with Crippen molar-refractivity contribution >= 4 is 40.8 Å². The number of nitrogens with zero attached hydrogens (tertiary/aromatic N) is 2. The van der Waals surface area contributed by atoms with Gasteiger partial charge in [0.2, 0.25) is 5.91 Å². The van der Waals surface area contributed by atoms with E-state index in [9.17, 15) is 9.59 Å². The van der Waals surface area contributed by atoms with Crippen molar-refractivity contribution in [1.82, 2.24) is 15.1 Å². The summed E-state index contributed by atoms with van der Waals surface area (Å²) < 4.78 is 0. The molecule has 1 unspecified atom stereocenters. The molecule has 1 aromatic rings. The molecule has 1 atom stereocenters. The molecule has 26 heavy (non-hydrogen) atoms. The van der Waals surface area contributed by atoms with Crippen LogP contribution in [-0.4, -0.2) is 55.0 Å². The molecular weight excluding hydrogens is 375 g/mol. The van der Waals surface area contributed by atoms with Gasteiger partial charge in [-0.25, -0.2) is 4.79 Å². The second-order valence-corrected chi connectivity index (χ2v) is 7.58. The second-order valence-electron chi connectivity index (χ2n) is 6.83. The van der Waals surface area contributed by atoms with Crippen LogP contribution >= 0.6 is 23.2 Å². The molecule has 6 nitrogen and oxygen atoms in total. The molecule has 1 aliphatic rings. The van der Waals surface area contributed by atoms with E-state index >= 15 is 0 Å². The number of rotatable bonds is 4. The third-order valence-electron chi connectivity index (χ3n) is 4.79. The molecule has 3 amide bonds. The third-order valence-corrected chi connectivity index (χ3v) is 5.68. The fraction of sp³-hybridized carbons (Fsp3) is 0.556. The summed E-state index contributed by atoms with van der Waals surface area (Å²) in [6.07, 6.45) is 1.93. The van der Waals surface area contributed by atoms with Gasteiger partial charge in [0.25, 0.3) is 0 Å². The lowest BCUT2D eigenvalue weighted by Crippen LogP contribution is -2.48. The first kappa shape index (κ1) is 20.8. The average Bonchev–Trinajstić information content (AvgIpc) is 2.58. The van der Waals surface area contributed by atoms with Gasteiger partial charge in [0.15, 0.2) is 0 Å². The number of carbonyl (C=O) groups excluding carboxylic acids is 2. The molecule has 1 aliphatic heterocycles. The van der Waals surface area contributed by atoms with Crippen LogP contribution in [0.5, 0.6) is 0 Å². The Bertz CT molecular complexity index is 675.